The van der Waals surface area contributed by atoms with Gasteiger partial charge in [-0.2, -0.15) is 0 Å². The summed E-state index contributed by atoms with van der Waals surface area (Å²) in [6, 6.07) is 4.30. The van der Waals surface area contributed by atoms with E-state index in [2.05, 4.69) is 15.5 Å². The van der Waals surface area contributed by atoms with Crippen molar-refractivity contribution in [3.05, 3.63) is 28.8 Å². The van der Waals surface area contributed by atoms with Gasteiger partial charge in [-0.25, -0.2) is 4.79 Å². The Hall–Kier alpha value is -1.84. The normalized spacial score (nSPS) is 11.9. The average Bonchev–Trinajstić information content (AvgIpc) is 2.91. The van der Waals surface area contributed by atoms with Crippen LogP contribution in [0.3, 0.4) is 0 Å². The number of anilines is 2. The van der Waals surface area contributed by atoms with E-state index in [1.165, 1.54) is 35.2 Å². The Labute approximate surface area is 145 Å². The molecule has 2 aromatic rings. The van der Waals surface area contributed by atoms with Crippen molar-refractivity contribution in [2.75, 3.05) is 11.1 Å². The van der Waals surface area contributed by atoms with E-state index in [9.17, 15) is 9.59 Å². The Bertz CT molecular complexity index is 738. The minimum absolute atomic E-state index is 0.0675. The second-order valence-electron chi connectivity index (χ2n) is 4.41. The molecule has 1 unspecified atom stereocenters. The number of aromatic carboxylic acids is 1. The van der Waals surface area contributed by atoms with Crippen molar-refractivity contribution in [2.45, 2.75) is 22.9 Å². The number of nitrogens with zero attached hydrogens (tertiary/aromatic N) is 2. The van der Waals surface area contributed by atoms with Crippen LogP contribution in [0.4, 0.5) is 10.8 Å². The summed E-state index contributed by atoms with van der Waals surface area (Å²) in [7, 11) is 0. The van der Waals surface area contributed by atoms with E-state index in [-0.39, 0.29) is 16.5 Å². The summed E-state index contributed by atoms with van der Waals surface area (Å²) in [6.45, 7) is 1.87. The molecule has 0 saturated carbocycles. The smallest absolute Gasteiger partial charge is 0.337 e. The van der Waals surface area contributed by atoms with Crippen molar-refractivity contribution in [1.29, 1.82) is 0 Å². The molecule has 7 nitrogen and oxygen atoms in total. The quantitative estimate of drug-likeness (QED) is 0.667. The number of carboxylic acids is 1. The second-order valence-corrected chi connectivity index (χ2v) is 7.28. The monoisotopic (exact) mass is 372 g/mol. The average molecular weight is 373 g/mol. The zero-order valence-electron chi connectivity index (χ0n) is 11.9. The summed E-state index contributed by atoms with van der Waals surface area (Å²) >= 11 is 8.27. The topological polar surface area (TPSA) is 118 Å². The van der Waals surface area contributed by atoms with Gasteiger partial charge < -0.3 is 16.2 Å². The molecule has 1 amide bonds. The number of halogens is 1. The number of amides is 1. The second kappa shape index (κ2) is 7.62. The van der Waals surface area contributed by atoms with Crippen LogP contribution in [0.2, 0.25) is 5.02 Å². The number of nitrogens with two attached hydrogens (primary N) is 1. The van der Waals surface area contributed by atoms with Gasteiger partial charge in [-0.05, 0) is 24.6 Å². The molecule has 10 heteroatoms. The molecule has 122 valence electrons. The number of aromatic nitrogens is 2. The van der Waals surface area contributed by atoms with E-state index in [0.29, 0.717) is 21.6 Å². The number of rotatable bonds is 6. The van der Waals surface area contributed by atoms with Crippen LogP contribution in [-0.4, -0.2) is 32.4 Å². The van der Waals surface area contributed by atoms with Crippen molar-refractivity contribution in [3.8, 4) is 0 Å². The molecule has 4 N–H and O–H groups in total. The zero-order chi connectivity index (χ0) is 17.0. The fraction of sp³-hybridized carbons (Fsp3) is 0.231. The lowest BCUT2D eigenvalue weighted by Gasteiger charge is -2.13. The van der Waals surface area contributed by atoms with Gasteiger partial charge in [-0.1, -0.05) is 41.6 Å². The van der Waals surface area contributed by atoms with E-state index in [4.69, 9.17) is 22.4 Å². The highest BCUT2D eigenvalue weighted by atomic mass is 35.5. The van der Waals surface area contributed by atoms with Gasteiger partial charge in [0, 0.05) is 5.69 Å². The van der Waals surface area contributed by atoms with Gasteiger partial charge in [0.1, 0.15) is 0 Å². The van der Waals surface area contributed by atoms with Gasteiger partial charge in [0.05, 0.1) is 15.8 Å². The minimum atomic E-state index is -1.16. The standard InChI is InChI=1S/C13H13ClN4O3S2/c1-2-9(22-13-18-17-12(15)23-13)10(19)16-6-3-4-8(14)7(5-6)11(20)21/h3-5,9H,2H2,1H3,(H2,15,17)(H,16,19)(H,20,21). The summed E-state index contributed by atoms with van der Waals surface area (Å²) in [6.07, 6.45) is 0.565. The Balaban J connectivity index is 2.10. The fourth-order valence-electron chi connectivity index (χ4n) is 1.70. The molecule has 1 aromatic heterocycles. The number of nitrogens with one attached hydrogen (secondary N) is 1. The fourth-order valence-corrected chi connectivity index (χ4v) is 3.70. The molecular formula is C13H13ClN4O3S2. The molecule has 0 fully saturated rings. The summed E-state index contributed by atoms with van der Waals surface area (Å²) in [5.41, 5.74) is 5.82. The van der Waals surface area contributed by atoms with Gasteiger partial charge in [-0.3, -0.25) is 4.79 Å². The third-order valence-corrected chi connectivity index (χ3v) is 5.32. The molecule has 1 atom stereocenters. The van der Waals surface area contributed by atoms with Crippen molar-refractivity contribution < 1.29 is 14.7 Å². The first-order valence-electron chi connectivity index (χ1n) is 6.50. The molecule has 1 aromatic carbocycles. The Kier molecular flexibility index (Phi) is 5.80. The predicted molar refractivity (Wildman–Crippen MR) is 91.3 cm³/mol. The van der Waals surface area contributed by atoms with E-state index >= 15 is 0 Å². The third kappa shape index (κ3) is 4.57. The van der Waals surface area contributed by atoms with Gasteiger partial charge in [0.25, 0.3) is 0 Å². The molecule has 0 bridgehead atoms. The minimum Gasteiger partial charge on any atom is -0.478 e. The van der Waals surface area contributed by atoms with Crippen LogP contribution >= 0.6 is 34.7 Å². The number of carboxylic acid groups (broad SMARTS) is 1. The molecule has 23 heavy (non-hydrogen) atoms. The van der Waals surface area contributed by atoms with Crippen LogP contribution in [0.25, 0.3) is 0 Å². The van der Waals surface area contributed by atoms with Crippen molar-refractivity contribution in [1.82, 2.24) is 10.2 Å². The molecule has 0 aliphatic carbocycles. The van der Waals surface area contributed by atoms with E-state index in [1.54, 1.807) is 6.07 Å². The number of carbonyl (C=O) groups is 2. The van der Waals surface area contributed by atoms with Gasteiger partial charge >= 0.3 is 5.97 Å². The van der Waals surface area contributed by atoms with Crippen LogP contribution in [-0.2, 0) is 4.79 Å². The van der Waals surface area contributed by atoms with Crippen molar-refractivity contribution in [3.63, 3.8) is 0 Å². The first-order chi connectivity index (χ1) is 10.9. The number of hydrogen-bond acceptors (Lipinski definition) is 7. The van der Waals surface area contributed by atoms with Crippen molar-refractivity contribution in [2.24, 2.45) is 0 Å². The maximum absolute atomic E-state index is 12.3. The molecule has 0 aliphatic heterocycles. The summed E-state index contributed by atoms with van der Waals surface area (Å²) < 4.78 is 0.604. The van der Waals surface area contributed by atoms with Crippen LogP contribution in [0.15, 0.2) is 22.5 Å². The van der Waals surface area contributed by atoms with Crippen molar-refractivity contribution >= 4 is 57.4 Å². The summed E-state index contributed by atoms with van der Waals surface area (Å²) in [4.78, 5) is 23.4. The number of benzene rings is 1. The number of carbonyl (C=O) groups excluding carboxylic acids is 1. The number of thioether (sulfide) groups is 1. The van der Waals surface area contributed by atoms with Crippen LogP contribution in [0, 0.1) is 0 Å². The molecule has 0 radical (unpaired) electrons. The van der Waals surface area contributed by atoms with E-state index in [1.807, 2.05) is 6.92 Å². The molecule has 0 aliphatic rings. The highest BCUT2D eigenvalue weighted by Crippen LogP contribution is 2.30. The molecule has 1 heterocycles. The zero-order valence-corrected chi connectivity index (χ0v) is 14.3. The van der Waals surface area contributed by atoms with Gasteiger partial charge in [0.15, 0.2) is 4.34 Å². The van der Waals surface area contributed by atoms with Gasteiger partial charge in [-0.15, -0.1) is 10.2 Å². The van der Waals surface area contributed by atoms with Crippen LogP contribution < -0.4 is 11.1 Å². The Morgan fingerprint density at radius 1 is 1.48 bits per heavy atom. The third-order valence-electron chi connectivity index (χ3n) is 2.79. The van der Waals surface area contributed by atoms with Crippen LogP contribution in [0.1, 0.15) is 23.7 Å². The van der Waals surface area contributed by atoms with E-state index < -0.39 is 11.2 Å². The maximum Gasteiger partial charge on any atom is 0.337 e. The lowest BCUT2D eigenvalue weighted by Crippen LogP contribution is -2.24. The Morgan fingerprint density at radius 2 is 2.22 bits per heavy atom. The SMILES string of the molecule is CCC(Sc1nnc(N)s1)C(=O)Nc1ccc(Cl)c(C(=O)O)c1. The number of hydrogen-bond donors (Lipinski definition) is 3. The van der Waals surface area contributed by atoms with Gasteiger partial charge in [0.2, 0.25) is 11.0 Å². The molecular weight excluding hydrogens is 360 g/mol. The summed E-state index contributed by atoms with van der Waals surface area (Å²) in [5.74, 6) is -1.42. The highest BCUT2D eigenvalue weighted by Gasteiger charge is 2.21. The molecule has 0 spiro atoms. The van der Waals surface area contributed by atoms with E-state index in [0.717, 1.165) is 0 Å². The lowest BCUT2D eigenvalue weighted by atomic mass is 10.2. The lowest BCUT2D eigenvalue weighted by molar-refractivity contribution is -0.115. The largest absolute Gasteiger partial charge is 0.478 e. The molecule has 0 saturated heterocycles. The number of nitrogen functional groups attached to an aromatic ring is 1. The highest BCUT2D eigenvalue weighted by molar-refractivity contribution is 8.02. The van der Waals surface area contributed by atoms with Crippen LogP contribution in [0.5, 0.6) is 0 Å². The molecule has 2 rings (SSSR count). The first-order valence-corrected chi connectivity index (χ1v) is 8.57. The summed E-state index contributed by atoms with van der Waals surface area (Å²) in [5, 5.41) is 19.4. The maximum atomic E-state index is 12.3. The first kappa shape index (κ1) is 17.5. The predicted octanol–water partition coefficient (Wildman–Crippen LogP) is 2.98. The Morgan fingerprint density at radius 3 is 2.78 bits per heavy atom.